The molecular formula is C15H21NO3. The average Bonchev–Trinajstić information content (AvgIpc) is 2.39. The highest BCUT2D eigenvalue weighted by atomic mass is 16.5. The summed E-state index contributed by atoms with van der Waals surface area (Å²) >= 11 is 0. The first kappa shape index (κ1) is 13.9. The number of para-hydroxylation sites is 1. The van der Waals surface area contributed by atoms with Crippen molar-refractivity contribution in [1.82, 2.24) is 0 Å². The molecule has 1 heterocycles. The summed E-state index contributed by atoms with van der Waals surface area (Å²) in [5, 5.41) is 9.98. The molecule has 4 heteroatoms. The summed E-state index contributed by atoms with van der Waals surface area (Å²) in [7, 11) is 0. The Balaban J connectivity index is 1.95. The maximum absolute atomic E-state index is 11.3. The average molecular weight is 263 g/mol. The second-order valence-corrected chi connectivity index (χ2v) is 4.84. The molecule has 1 atom stereocenters. The van der Waals surface area contributed by atoms with E-state index in [1.807, 2.05) is 12.1 Å². The number of aliphatic hydroxyl groups excluding tert-OH is 1. The number of β-amino-alcohol motifs (C(OH)–C–C–N with tert-alkyl or cyclic N) is 1. The summed E-state index contributed by atoms with van der Waals surface area (Å²) < 4.78 is 4.85. The van der Waals surface area contributed by atoms with E-state index >= 15 is 0 Å². The molecule has 19 heavy (non-hydrogen) atoms. The van der Waals surface area contributed by atoms with Gasteiger partial charge in [-0.05, 0) is 31.4 Å². The lowest BCUT2D eigenvalue weighted by Crippen LogP contribution is -2.37. The zero-order valence-corrected chi connectivity index (χ0v) is 11.3. The van der Waals surface area contributed by atoms with Gasteiger partial charge in [-0.15, -0.1) is 0 Å². The summed E-state index contributed by atoms with van der Waals surface area (Å²) in [4.78, 5) is 13.5. The number of anilines is 1. The predicted molar refractivity (Wildman–Crippen MR) is 74.2 cm³/mol. The van der Waals surface area contributed by atoms with Crippen molar-refractivity contribution in [2.75, 3.05) is 24.6 Å². The normalized spacial score (nSPS) is 15.8. The molecule has 0 radical (unpaired) electrons. The summed E-state index contributed by atoms with van der Waals surface area (Å²) in [5.41, 5.74) is 2.49. The molecule has 1 N–H and O–H groups in total. The Bertz CT molecular complexity index is 433. The molecule has 0 aromatic heterocycles. The van der Waals surface area contributed by atoms with E-state index < -0.39 is 6.10 Å². The topological polar surface area (TPSA) is 49.8 Å². The molecular weight excluding hydrogens is 242 g/mol. The number of aliphatic hydroxyl groups is 1. The second-order valence-electron chi connectivity index (χ2n) is 4.84. The van der Waals surface area contributed by atoms with Gasteiger partial charge in [-0.3, -0.25) is 4.79 Å². The van der Waals surface area contributed by atoms with Crippen LogP contribution in [0.15, 0.2) is 24.3 Å². The minimum absolute atomic E-state index is 0.0620. The van der Waals surface area contributed by atoms with Crippen LogP contribution >= 0.6 is 0 Å². The van der Waals surface area contributed by atoms with Gasteiger partial charge in [0.25, 0.3) is 0 Å². The van der Waals surface area contributed by atoms with Gasteiger partial charge >= 0.3 is 5.97 Å². The van der Waals surface area contributed by atoms with Crippen molar-refractivity contribution in [3.63, 3.8) is 0 Å². The highest BCUT2D eigenvalue weighted by Crippen LogP contribution is 2.26. The van der Waals surface area contributed by atoms with Crippen molar-refractivity contribution >= 4 is 11.7 Å². The van der Waals surface area contributed by atoms with Crippen LogP contribution < -0.4 is 4.90 Å². The molecule has 1 aliphatic rings. The molecule has 1 unspecified atom stereocenters. The Labute approximate surface area is 114 Å². The highest BCUT2D eigenvalue weighted by molar-refractivity contribution is 5.70. The third-order valence-electron chi connectivity index (χ3n) is 3.35. The molecule has 1 aromatic carbocycles. The van der Waals surface area contributed by atoms with Gasteiger partial charge in [-0.25, -0.2) is 0 Å². The number of benzene rings is 1. The number of esters is 1. The fraction of sp³-hybridized carbons (Fsp3) is 0.533. The minimum Gasteiger partial charge on any atom is -0.466 e. The maximum atomic E-state index is 11.3. The van der Waals surface area contributed by atoms with Crippen LogP contribution in [-0.4, -0.2) is 36.9 Å². The van der Waals surface area contributed by atoms with Crippen LogP contribution in [0.4, 0.5) is 5.69 Å². The van der Waals surface area contributed by atoms with Gasteiger partial charge in [0.2, 0.25) is 0 Å². The lowest BCUT2D eigenvalue weighted by Gasteiger charge is -2.32. The summed E-state index contributed by atoms with van der Waals surface area (Å²) in [6, 6.07) is 8.25. The van der Waals surface area contributed by atoms with E-state index in [1.54, 1.807) is 6.92 Å². The van der Waals surface area contributed by atoms with Gasteiger partial charge in [0, 0.05) is 18.8 Å². The van der Waals surface area contributed by atoms with Gasteiger partial charge in [0.1, 0.15) is 0 Å². The van der Waals surface area contributed by atoms with E-state index in [2.05, 4.69) is 17.0 Å². The molecule has 1 aliphatic heterocycles. The molecule has 0 saturated heterocycles. The van der Waals surface area contributed by atoms with Gasteiger partial charge in [0.15, 0.2) is 0 Å². The molecule has 104 valence electrons. The number of hydrogen-bond acceptors (Lipinski definition) is 4. The number of rotatable bonds is 5. The maximum Gasteiger partial charge on any atom is 0.308 e. The van der Waals surface area contributed by atoms with Crippen LogP contribution in [0.3, 0.4) is 0 Å². The molecule has 0 aliphatic carbocycles. The third kappa shape index (κ3) is 3.70. The zero-order chi connectivity index (χ0) is 13.7. The zero-order valence-electron chi connectivity index (χ0n) is 11.3. The van der Waals surface area contributed by atoms with Crippen molar-refractivity contribution < 1.29 is 14.6 Å². The lowest BCUT2D eigenvalue weighted by molar-refractivity contribution is -0.145. The lowest BCUT2D eigenvalue weighted by atomic mass is 10.0. The fourth-order valence-corrected chi connectivity index (χ4v) is 2.53. The first-order chi connectivity index (χ1) is 9.20. The Hall–Kier alpha value is -1.55. The molecule has 0 bridgehead atoms. The third-order valence-corrected chi connectivity index (χ3v) is 3.35. The van der Waals surface area contributed by atoms with Crippen LogP contribution in [0, 0.1) is 0 Å². The van der Waals surface area contributed by atoms with E-state index in [4.69, 9.17) is 4.74 Å². The molecule has 0 spiro atoms. The summed E-state index contributed by atoms with van der Waals surface area (Å²) in [5.74, 6) is -0.333. The molecule has 4 nitrogen and oxygen atoms in total. The Morgan fingerprint density at radius 1 is 1.47 bits per heavy atom. The first-order valence-corrected chi connectivity index (χ1v) is 6.87. The van der Waals surface area contributed by atoms with Gasteiger partial charge in [-0.1, -0.05) is 18.2 Å². The van der Waals surface area contributed by atoms with Crippen LogP contribution in [-0.2, 0) is 16.0 Å². The summed E-state index contributed by atoms with van der Waals surface area (Å²) in [6.45, 7) is 3.54. The smallest absolute Gasteiger partial charge is 0.308 e. The largest absolute Gasteiger partial charge is 0.466 e. The van der Waals surface area contributed by atoms with E-state index in [0.29, 0.717) is 13.2 Å². The number of carbonyl (C=O) groups excluding carboxylic acids is 1. The standard InChI is InChI=1S/C15H21NO3/c1-2-19-15(18)10-13(17)11-16-9-5-7-12-6-3-4-8-14(12)16/h3-4,6,8,13,17H,2,5,7,9-11H2,1H3. The van der Waals surface area contributed by atoms with E-state index in [1.165, 1.54) is 11.3 Å². The number of fused-ring (bicyclic) bond motifs is 1. The Kier molecular flexibility index (Phi) is 4.80. The molecule has 0 fully saturated rings. The number of ether oxygens (including phenoxy) is 1. The van der Waals surface area contributed by atoms with Crippen LogP contribution in [0.2, 0.25) is 0 Å². The van der Waals surface area contributed by atoms with E-state index in [9.17, 15) is 9.90 Å². The minimum atomic E-state index is -0.676. The number of hydrogen-bond donors (Lipinski definition) is 1. The second kappa shape index (κ2) is 6.57. The number of carbonyl (C=O) groups is 1. The van der Waals surface area contributed by atoms with E-state index in [-0.39, 0.29) is 12.4 Å². The van der Waals surface area contributed by atoms with Crippen molar-refractivity contribution in [3.05, 3.63) is 29.8 Å². The first-order valence-electron chi connectivity index (χ1n) is 6.87. The van der Waals surface area contributed by atoms with Crippen molar-refractivity contribution in [3.8, 4) is 0 Å². The predicted octanol–water partition coefficient (Wildman–Crippen LogP) is 1.75. The monoisotopic (exact) mass is 263 g/mol. The molecule has 2 rings (SSSR count). The van der Waals surface area contributed by atoms with Gasteiger partial charge in [0.05, 0.1) is 19.1 Å². The number of aryl methyl sites for hydroxylation is 1. The number of nitrogens with zero attached hydrogens (tertiary/aromatic N) is 1. The van der Waals surface area contributed by atoms with Crippen molar-refractivity contribution in [2.45, 2.75) is 32.3 Å². The SMILES string of the molecule is CCOC(=O)CC(O)CN1CCCc2ccccc21. The summed E-state index contributed by atoms with van der Waals surface area (Å²) in [6.07, 6.45) is 1.56. The van der Waals surface area contributed by atoms with Gasteiger partial charge < -0.3 is 14.7 Å². The Morgan fingerprint density at radius 3 is 3.05 bits per heavy atom. The quantitative estimate of drug-likeness (QED) is 0.822. The van der Waals surface area contributed by atoms with Crippen molar-refractivity contribution in [1.29, 1.82) is 0 Å². The van der Waals surface area contributed by atoms with Crippen LogP contribution in [0.25, 0.3) is 0 Å². The highest BCUT2D eigenvalue weighted by Gasteiger charge is 2.20. The van der Waals surface area contributed by atoms with Crippen LogP contribution in [0.5, 0.6) is 0 Å². The van der Waals surface area contributed by atoms with E-state index in [0.717, 1.165) is 19.4 Å². The molecule has 0 amide bonds. The molecule has 0 saturated carbocycles. The van der Waals surface area contributed by atoms with Crippen LogP contribution in [0.1, 0.15) is 25.3 Å². The molecule has 1 aromatic rings. The van der Waals surface area contributed by atoms with Gasteiger partial charge in [-0.2, -0.15) is 0 Å². The Morgan fingerprint density at radius 2 is 2.26 bits per heavy atom. The fourth-order valence-electron chi connectivity index (χ4n) is 2.53. The van der Waals surface area contributed by atoms with Crippen molar-refractivity contribution in [2.24, 2.45) is 0 Å².